The Bertz CT molecular complexity index is 541. The summed E-state index contributed by atoms with van der Waals surface area (Å²) in [5.74, 6) is 1.28. The van der Waals surface area contributed by atoms with Gasteiger partial charge in [-0.05, 0) is 30.7 Å². The number of fused-ring (bicyclic) bond motifs is 1. The minimum Gasteiger partial charge on any atom is -0.486 e. The summed E-state index contributed by atoms with van der Waals surface area (Å²) in [4.78, 5) is 11.8. The third-order valence-electron chi connectivity index (χ3n) is 4.16. The van der Waals surface area contributed by atoms with Crippen LogP contribution in [0.2, 0.25) is 0 Å². The van der Waals surface area contributed by atoms with Gasteiger partial charge in [-0.3, -0.25) is 4.79 Å². The molecule has 0 amide bonds. The van der Waals surface area contributed by atoms with E-state index in [1.165, 1.54) is 7.11 Å². The third kappa shape index (κ3) is 4.28. The van der Waals surface area contributed by atoms with Gasteiger partial charge in [-0.15, -0.1) is 12.4 Å². The van der Waals surface area contributed by atoms with Gasteiger partial charge in [0, 0.05) is 19.1 Å². The highest BCUT2D eigenvalue weighted by atomic mass is 35.5. The Labute approximate surface area is 142 Å². The number of carbonyl (C=O) groups excluding carboxylic acids is 1. The Morgan fingerprint density at radius 1 is 1.35 bits per heavy atom. The van der Waals surface area contributed by atoms with Crippen LogP contribution in [0.4, 0.5) is 0 Å². The smallest absolute Gasteiger partial charge is 0.311 e. The fourth-order valence-electron chi connectivity index (χ4n) is 2.95. The molecule has 0 spiro atoms. The molecule has 0 aromatic heterocycles. The number of nitrogens with one attached hydrogen (secondary N) is 2. The van der Waals surface area contributed by atoms with Crippen molar-refractivity contribution in [3.8, 4) is 11.5 Å². The molecule has 6 nitrogen and oxygen atoms in total. The molecule has 0 saturated carbocycles. The number of hydrogen-bond acceptors (Lipinski definition) is 6. The van der Waals surface area contributed by atoms with Crippen LogP contribution in [0.5, 0.6) is 11.5 Å². The maximum absolute atomic E-state index is 11.8. The van der Waals surface area contributed by atoms with E-state index in [0.29, 0.717) is 26.3 Å². The first kappa shape index (κ1) is 17.8. The molecule has 0 radical (unpaired) electrons. The van der Waals surface area contributed by atoms with Crippen molar-refractivity contribution in [2.75, 3.05) is 33.4 Å². The molecule has 0 bridgehead atoms. The zero-order valence-electron chi connectivity index (χ0n) is 13.2. The summed E-state index contributed by atoms with van der Waals surface area (Å²) in [6, 6.07) is 6.08. The molecule has 2 atom stereocenters. The lowest BCUT2D eigenvalue weighted by atomic mass is 9.93. The van der Waals surface area contributed by atoms with E-state index in [1.54, 1.807) is 0 Å². The van der Waals surface area contributed by atoms with E-state index in [-0.39, 0.29) is 30.3 Å². The molecule has 7 heteroatoms. The number of benzene rings is 1. The monoisotopic (exact) mass is 342 g/mol. The molecule has 2 heterocycles. The first-order chi connectivity index (χ1) is 10.8. The van der Waals surface area contributed by atoms with Crippen LogP contribution in [-0.2, 0) is 16.1 Å². The normalized spacial score (nSPS) is 22.8. The van der Waals surface area contributed by atoms with Gasteiger partial charge in [0.1, 0.15) is 13.2 Å². The second-order valence-corrected chi connectivity index (χ2v) is 5.59. The molecular weight excluding hydrogens is 320 g/mol. The van der Waals surface area contributed by atoms with Crippen LogP contribution in [0, 0.1) is 5.92 Å². The maximum Gasteiger partial charge on any atom is 0.311 e. The first-order valence-corrected chi connectivity index (χ1v) is 7.68. The Hall–Kier alpha value is -1.50. The summed E-state index contributed by atoms with van der Waals surface area (Å²) < 4.78 is 16.0. The summed E-state index contributed by atoms with van der Waals surface area (Å²) in [6.45, 7) is 3.44. The Balaban J connectivity index is 0.00000192. The van der Waals surface area contributed by atoms with Gasteiger partial charge in [-0.1, -0.05) is 6.07 Å². The van der Waals surface area contributed by atoms with Crippen molar-refractivity contribution in [2.45, 2.75) is 19.0 Å². The van der Waals surface area contributed by atoms with Gasteiger partial charge in [0.2, 0.25) is 0 Å². The molecule has 1 aromatic rings. The van der Waals surface area contributed by atoms with Crippen LogP contribution in [0.25, 0.3) is 0 Å². The van der Waals surface area contributed by atoms with Gasteiger partial charge in [0.05, 0.1) is 13.0 Å². The van der Waals surface area contributed by atoms with E-state index in [4.69, 9.17) is 14.2 Å². The number of piperidine rings is 1. The lowest BCUT2D eigenvalue weighted by molar-refractivity contribution is -0.147. The Morgan fingerprint density at radius 2 is 2.13 bits per heavy atom. The molecule has 1 aromatic carbocycles. The van der Waals surface area contributed by atoms with Crippen molar-refractivity contribution >= 4 is 18.4 Å². The summed E-state index contributed by atoms with van der Waals surface area (Å²) in [5, 5.41) is 6.71. The van der Waals surface area contributed by atoms with E-state index in [9.17, 15) is 4.79 Å². The van der Waals surface area contributed by atoms with Crippen LogP contribution in [0.15, 0.2) is 18.2 Å². The highest BCUT2D eigenvalue weighted by molar-refractivity contribution is 5.85. The summed E-state index contributed by atoms with van der Waals surface area (Å²) in [7, 11) is 1.44. The Morgan fingerprint density at radius 3 is 2.91 bits per heavy atom. The van der Waals surface area contributed by atoms with E-state index in [2.05, 4.69) is 10.6 Å². The number of esters is 1. The van der Waals surface area contributed by atoms with Gasteiger partial charge >= 0.3 is 5.97 Å². The van der Waals surface area contributed by atoms with Crippen LogP contribution in [-0.4, -0.2) is 45.4 Å². The van der Waals surface area contributed by atoms with Crippen LogP contribution in [0.1, 0.15) is 12.0 Å². The average Bonchev–Trinajstić information content (AvgIpc) is 2.59. The molecule has 128 valence electrons. The Kier molecular flexibility index (Phi) is 6.50. The zero-order chi connectivity index (χ0) is 15.4. The van der Waals surface area contributed by atoms with Crippen LogP contribution >= 0.6 is 12.4 Å². The second-order valence-electron chi connectivity index (χ2n) is 5.59. The van der Waals surface area contributed by atoms with E-state index in [1.807, 2.05) is 18.2 Å². The molecule has 23 heavy (non-hydrogen) atoms. The predicted molar refractivity (Wildman–Crippen MR) is 88.3 cm³/mol. The first-order valence-electron chi connectivity index (χ1n) is 7.68. The van der Waals surface area contributed by atoms with Crippen molar-refractivity contribution in [3.63, 3.8) is 0 Å². The molecule has 2 unspecified atom stereocenters. The fraction of sp³-hybridized carbons (Fsp3) is 0.562. The third-order valence-corrected chi connectivity index (χ3v) is 4.16. The van der Waals surface area contributed by atoms with Crippen LogP contribution in [0.3, 0.4) is 0 Å². The molecule has 2 aliphatic rings. The molecule has 3 rings (SSSR count). The van der Waals surface area contributed by atoms with Gasteiger partial charge in [0.15, 0.2) is 11.5 Å². The van der Waals surface area contributed by atoms with Crippen molar-refractivity contribution in [1.82, 2.24) is 10.6 Å². The number of hydrogen-bond donors (Lipinski definition) is 2. The lowest BCUT2D eigenvalue weighted by Crippen LogP contribution is -2.50. The fourth-order valence-corrected chi connectivity index (χ4v) is 2.95. The van der Waals surface area contributed by atoms with E-state index < -0.39 is 0 Å². The molecule has 2 N–H and O–H groups in total. The van der Waals surface area contributed by atoms with E-state index >= 15 is 0 Å². The van der Waals surface area contributed by atoms with Crippen molar-refractivity contribution in [2.24, 2.45) is 5.92 Å². The molecule has 2 aliphatic heterocycles. The quantitative estimate of drug-likeness (QED) is 0.799. The topological polar surface area (TPSA) is 68.8 Å². The maximum atomic E-state index is 11.8. The largest absolute Gasteiger partial charge is 0.486 e. The average molecular weight is 343 g/mol. The summed E-state index contributed by atoms with van der Waals surface area (Å²) in [6.07, 6.45) is 0.907. The number of halogens is 1. The van der Waals surface area contributed by atoms with E-state index in [0.717, 1.165) is 30.0 Å². The molecular formula is C16H23ClN2O4. The highest BCUT2D eigenvalue weighted by Crippen LogP contribution is 2.30. The van der Waals surface area contributed by atoms with Crippen molar-refractivity contribution in [3.05, 3.63) is 23.8 Å². The van der Waals surface area contributed by atoms with Gasteiger partial charge in [0.25, 0.3) is 0 Å². The van der Waals surface area contributed by atoms with Crippen LogP contribution < -0.4 is 20.1 Å². The summed E-state index contributed by atoms with van der Waals surface area (Å²) >= 11 is 0. The van der Waals surface area contributed by atoms with Crippen molar-refractivity contribution < 1.29 is 19.0 Å². The van der Waals surface area contributed by atoms with Gasteiger partial charge in [-0.25, -0.2) is 0 Å². The van der Waals surface area contributed by atoms with Crippen molar-refractivity contribution in [1.29, 1.82) is 0 Å². The molecule has 1 fully saturated rings. The second kappa shape index (κ2) is 8.38. The lowest BCUT2D eigenvalue weighted by Gasteiger charge is -2.31. The minimum atomic E-state index is -0.160. The number of carbonyl (C=O) groups is 1. The number of rotatable bonds is 4. The summed E-state index contributed by atoms with van der Waals surface area (Å²) in [5.41, 5.74) is 1.12. The SMILES string of the molecule is COC(=O)C1CNCCC1NCc1ccc2c(c1)OCCO2.Cl. The number of ether oxygens (including phenoxy) is 3. The standard InChI is InChI=1S/C16H22N2O4.ClH/c1-20-16(19)12-10-17-5-4-13(12)18-9-11-2-3-14-15(8-11)22-7-6-21-14;/h2-3,8,12-13,17-18H,4-7,9-10H2,1H3;1H. The zero-order valence-corrected chi connectivity index (χ0v) is 14.0. The molecule has 0 aliphatic carbocycles. The molecule has 1 saturated heterocycles. The minimum absolute atomic E-state index is 0. The highest BCUT2D eigenvalue weighted by Gasteiger charge is 2.31. The van der Waals surface area contributed by atoms with Gasteiger partial charge < -0.3 is 24.8 Å². The number of methoxy groups -OCH3 is 1. The predicted octanol–water partition coefficient (Wildman–Crippen LogP) is 1.12. The van der Waals surface area contributed by atoms with Gasteiger partial charge in [-0.2, -0.15) is 0 Å².